The van der Waals surface area contributed by atoms with Crippen LogP contribution in [0, 0.1) is 6.92 Å². The summed E-state index contributed by atoms with van der Waals surface area (Å²) in [5.74, 6) is -0.339. The van der Waals surface area contributed by atoms with Crippen LogP contribution in [0.15, 0.2) is 69.0 Å². The van der Waals surface area contributed by atoms with Crippen LogP contribution >= 0.6 is 39.1 Å². The molecular formula is C24H16BrCl2N3O4. The normalized spacial score (nSPS) is 11.3. The predicted octanol–water partition coefficient (Wildman–Crippen LogP) is 5.93. The van der Waals surface area contributed by atoms with Crippen LogP contribution in [0.5, 0.6) is 5.75 Å². The van der Waals surface area contributed by atoms with Gasteiger partial charge in [0.2, 0.25) is 0 Å². The molecule has 0 unspecified atom stereocenters. The van der Waals surface area contributed by atoms with E-state index in [-0.39, 0.29) is 33.5 Å². The van der Waals surface area contributed by atoms with E-state index in [0.717, 1.165) is 4.47 Å². The molecule has 0 aliphatic rings. The molecule has 0 aliphatic carbocycles. The number of ether oxygens (including phenoxy) is 1. The van der Waals surface area contributed by atoms with Crippen LogP contribution in [0.3, 0.4) is 0 Å². The Morgan fingerprint density at radius 3 is 2.62 bits per heavy atom. The molecule has 1 N–H and O–H groups in total. The zero-order valence-electron chi connectivity index (χ0n) is 17.6. The molecule has 0 radical (unpaired) electrons. The molecule has 3 aromatic carbocycles. The summed E-state index contributed by atoms with van der Waals surface area (Å²) in [6.45, 7) is 1.78. The molecule has 1 aromatic heterocycles. The molecule has 4 rings (SSSR count). The molecule has 0 aliphatic heterocycles. The van der Waals surface area contributed by atoms with E-state index in [1.54, 1.807) is 43.3 Å². The third-order valence-electron chi connectivity index (χ3n) is 4.87. The average molecular weight is 561 g/mol. The Morgan fingerprint density at radius 2 is 1.91 bits per heavy atom. The molecule has 0 bridgehead atoms. The van der Waals surface area contributed by atoms with E-state index >= 15 is 0 Å². The van der Waals surface area contributed by atoms with Gasteiger partial charge in [0.25, 0.3) is 5.56 Å². The Hall–Kier alpha value is -3.20. The molecule has 172 valence electrons. The van der Waals surface area contributed by atoms with Crippen molar-refractivity contribution in [3.8, 4) is 5.75 Å². The molecule has 34 heavy (non-hydrogen) atoms. The number of fused-ring (bicyclic) bond motifs is 1. The van der Waals surface area contributed by atoms with Gasteiger partial charge >= 0.3 is 5.97 Å². The van der Waals surface area contributed by atoms with Gasteiger partial charge in [-0.1, -0.05) is 51.3 Å². The maximum absolute atomic E-state index is 12.9. The van der Waals surface area contributed by atoms with Gasteiger partial charge in [-0.05, 0) is 60.5 Å². The first-order valence-electron chi connectivity index (χ1n) is 9.90. The number of nitrogens with zero attached hydrogens (tertiary/aromatic N) is 3. The van der Waals surface area contributed by atoms with Gasteiger partial charge in [0.05, 0.1) is 32.7 Å². The van der Waals surface area contributed by atoms with Gasteiger partial charge in [-0.2, -0.15) is 9.78 Å². The highest BCUT2D eigenvalue weighted by molar-refractivity contribution is 9.10. The zero-order chi connectivity index (χ0) is 24.4. The topological polar surface area (TPSA) is 93.8 Å². The van der Waals surface area contributed by atoms with E-state index in [1.165, 1.54) is 23.0 Å². The number of hydrogen-bond acceptors (Lipinski definition) is 5. The lowest BCUT2D eigenvalue weighted by Gasteiger charge is -2.11. The summed E-state index contributed by atoms with van der Waals surface area (Å²) in [6, 6.07) is 14.9. The quantitative estimate of drug-likeness (QED) is 0.295. The van der Waals surface area contributed by atoms with Crippen LogP contribution in [0.2, 0.25) is 10.0 Å². The molecule has 1 heterocycles. The Bertz CT molecular complexity index is 1500. The number of carboxylic acid groups (broad SMARTS) is 1. The summed E-state index contributed by atoms with van der Waals surface area (Å²) in [5, 5.41) is 14.3. The molecule has 10 heteroatoms. The minimum Gasteiger partial charge on any atom is -0.486 e. The Kier molecular flexibility index (Phi) is 7.02. The number of benzene rings is 3. The standard InChI is InChI=1S/C24H16BrCl2N3O4/c1-13-29-21-6-5-17(25)10-18(21)23(31)30(13)28-11-15-8-19(26)22(20(27)9-15)34-12-14-3-2-4-16(7-14)24(32)33/h2-11H,12H2,1H3,(H,32,33). The van der Waals surface area contributed by atoms with Crippen molar-refractivity contribution in [1.82, 2.24) is 9.66 Å². The molecule has 0 atom stereocenters. The third kappa shape index (κ3) is 5.14. The van der Waals surface area contributed by atoms with E-state index < -0.39 is 5.97 Å². The van der Waals surface area contributed by atoms with E-state index in [1.807, 2.05) is 6.07 Å². The van der Waals surface area contributed by atoms with Crippen molar-refractivity contribution in [2.24, 2.45) is 5.10 Å². The fourth-order valence-electron chi connectivity index (χ4n) is 3.26. The molecular weight excluding hydrogens is 545 g/mol. The molecule has 0 saturated heterocycles. The van der Waals surface area contributed by atoms with Crippen molar-refractivity contribution >= 4 is 62.2 Å². The lowest BCUT2D eigenvalue weighted by molar-refractivity contribution is 0.0696. The molecule has 0 fully saturated rings. The number of carbonyl (C=O) groups is 1. The summed E-state index contributed by atoms with van der Waals surface area (Å²) in [6.07, 6.45) is 1.46. The predicted molar refractivity (Wildman–Crippen MR) is 136 cm³/mol. The summed E-state index contributed by atoms with van der Waals surface area (Å²) >= 11 is 16.1. The average Bonchev–Trinajstić information content (AvgIpc) is 2.79. The Morgan fingerprint density at radius 1 is 1.18 bits per heavy atom. The molecule has 4 aromatic rings. The number of aromatic carboxylic acids is 1. The van der Waals surface area contributed by atoms with Gasteiger partial charge in [-0.3, -0.25) is 4.79 Å². The van der Waals surface area contributed by atoms with Crippen LogP contribution in [0.1, 0.15) is 27.3 Å². The van der Waals surface area contributed by atoms with Crippen molar-refractivity contribution in [2.45, 2.75) is 13.5 Å². The fraction of sp³-hybridized carbons (Fsp3) is 0.0833. The number of aromatic nitrogens is 2. The van der Waals surface area contributed by atoms with Crippen molar-refractivity contribution in [2.75, 3.05) is 0 Å². The highest BCUT2D eigenvalue weighted by atomic mass is 79.9. The number of rotatable bonds is 6. The van der Waals surface area contributed by atoms with Crippen molar-refractivity contribution in [1.29, 1.82) is 0 Å². The number of halogens is 3. The zero-order valence-corrected chi connectivity index (χ0v) is 20.7. The van der Waals surface area contributed by atoms with Crippen LogP contribution in [-0.2, 0) is 6.61 Å². The second-order valence-electron chi connectivity index (χ2n) is 7.29. The first-order valence-corrected chi connectivity index (χ1v) is 11.4. The molecule has 7 nitrogen and oxygen atoms in total. The maximum atomic E-state index is 12.9. The minimum atomic E-state index is -1.02. The molecule has 0 spiro atoms. The monoisotopic (exact) mass is 559 g/mol. The lowest BCUT2D eigenvalue weighted by atomic mass is 10.1. The highest BCUT2D eigenvalue weighted by Gasteiger charge is 2.12. The van der Waals surface area contributed by atoms with E-state index in [9.17, 15) is 9.59 Å². The van der Waals surface area contributed by atoms with Crippen LogP contribution in [0.4, 0.5) is 0 Å². The van der Waals surface area contributed by atoms with Gasteiger partial charge in [0, 0.05) is 4.47 Å². The summed E-state index contributed by atoms with van der Waals surface area (Å²) < 4.78 is 7.70. The fourth-order valence-corrected chi connectivity index (χ4v) is 4.24. The van der Waals surface area contributed by atoms with Crippen molar-refractivity contribution in [3.05, 3.63) is 102 Å². The Balaban J connectivity index is 1.58. The first-order chi connectivity index (χ1) is 16.2. The SMILES string of the molecule is Cc1nc2ccc(Br)cc2c(=O)n1N=Cc1cc(Cl)c(OCc2cccc(C(=O)O)c2)c(Cl)c1. The highest BCUT2D eigenvalue weighted by Crippen LogP contribution is 2.34. The van der Waals surface area contributed by atoms with Crippen LogP contribution < -0.4 is 10.3 Å². The van der Waals surface area contributed by atoms with Gasteiger partial charge in [-0.15, -0.1) is 0 Å². The second-order valence-corrected chi connectivity index (χ2v) is 9.02. The van der Waals surface area contributed by atoms with E-state index in [4.69, 9.17) is 33.0 Å². The number of hydrogen-bond donors (Lipinski definition) is 1. The summed E-state index contributed by atoms with van der Waals surface area (Å²) in [5.41, 5.74) is 1.64. The van der Waals surface area contributed by atoms with E-state index in [2.05, 4.69) is 26.0 Å². The third-order valence-corrected chi connectivity index (χ3v) is 5.92. The largest absolute Gasteiger partial charge is 0.486 e. The Labute approximate surface area is 212 Å². The second kappa shape index (κ2) is 9.97. The van der Waals surface area contributed by atoms with Crippen LogP contribution in [-0.4, -0.2) is 27.0 Å². The number of carboxylic acids is 1. The first kappa shape index (κ1) is 23.9. The van der Waals surface area contributed by atoms with E-state index in [0.29, 0.717) is 27.9 Å². The molecule has 0 saturated carbocycles. The summed E-state index contributed by atoms with van der Waals surface area (Å²) in [4.78, 5) is 28.4. The number of aryl methyl sites for hydroxylation is 1. The van der Waals surface area contributed by atoms with Gasteiger partial charge in [0.15, 0.2) is 5.75 Å². The van der Waals surface area contributed by atoms with Gasteiger partial charge < -0.3 is 9.84 Å². The van der Waals surface area contributed by atoms with Gasteiger partial charge in [0.1, 0.15) is 12.4 Å². The maximum Gasteiger partial charge on any atom is 0.335 e. The van der Waals surface area contributed by atoms with Crippen molar-refractivity contribution in [3.63, 3.8) is 0 Å². The van der Waals surface area contributed by atoms with Crippen LogP contribution in [0.25, 0.3) is 10.9 Å². The molecule has 0 amide bonds. The minimum absolute atomic E-state index is 0.0842. The van der Waals surface area contributed by atoms with Crippen molar-refractivity contribution < 1.29 is 14.6 Å². The lowest BCUT2D eigenvalue weighted by Crippen LogP contribution is -2.20. The van der Waals surface area contributed by atoms with Gasteiger partial charge in [-0.25, -0.2) is 9.78 Å². The smallest absolute Gasteiger partial charge is 0.335 e. The summed E-state index contributed by atoms with van der Waals surface area (Å²) in [7, 11) is 0.